The lowest BCUT2D eigenvalue weighted by atomic mass is 9.95. The highest BCUT2D eigenvalue weighted by Crippen LogP contribution is 2.47. The molecule has 5 nitrogen and oxygen atoms in total. The van der Waals surface area contributed by atoms with Crippen molar-refractivity contribution in [3.63, 3.8) is 0 Å². The van der Waals surface area contributed by atoms with E-state index in [9.17, 15) is 52.7 Å². The zero-order chi connectivity index (χ0) is 58.5. The Kier molecular flexibility index (Phi) is 12.6. The molecule has 0 amide bonds. The van der Waals surface area contributed by atoms with Crippen molar-refractivity contribution in [2.75, 3.05) is 0 Å². The smallest absolute Gasteiger partial charge is 0.309 e. The van der Waals surface area contributed by atoms with Gasteiger partial charge in [0.2, 0.25) is 0 Å². The number of aromatic nitrogens is 5. The highest BCUT2D eigenvalue weighted by molar-refractivity contribution is 6.13. The van der Waals surface area contributed by atoms with Crippen molar-refractivity contribution >= 4 is 43.6 Å². The molecule has 0 spiro atoms. The Morgan fingerprint density at radius 2 is 0.655 bits per heavy atom. The lowest BCUT2D eigenvalue weighted by Gasteiger charge is -2.18. The summed E-state index contributed by atoms with van der Waals surface area (Å²) in [5, 5.41) is 2.62. The third kappa shape index (κ3) is 9.54. The van der Waals surface area contributed by atoms with Crippen molar-refractivity contribution < 1.29 is 52.7 Å². The van der Waals surface area contributed by atoms with Gasteiger partial charge >= 0.3 is 24.7 Å². The molecule has 13 aromatic rings. The largest absolute Gasteiger partial charge is 0.417 e. The van der Waals surface area contributed by atoms with Gasteiger partial charge in [-0.05, 0) is 106 Å². The topological polar surface area (TPSA) is 48.5 Å². The van der Waals surface area contributed by atoms with E-state index in [0.29, 0.717) is 45.2 Å². The van der Waals surface area contributed by atoms with Crippen molar-refractivity contribution in [2.45, 2.75) is 24.7 Å². The molecule has 0 N–H and O–H groups in total. The normalized spacial score (nSPS) is 12.5. The minimum absolute atomic E-state index is 0.0344. The number of para-hydroxylation sites is 2. The van der Waals surface area contributed by atoms with Crippen LogP contribution in [0.1, 0.15) is 22.3 Å². The third-order valence-electron chi connectivity index (χ3n) is 14.9. The van der Waals surface area contributed by atoms with Crippen LogP contribution in [0.15, 0.2) is 224 Å². The lowest BCUT2D eigenvalue weighted by Crippen LogP contribution is -2.12. The van der Waals surface area contributed by atoms with Crippen molar-refractivity contribution in [3.05, 3.63) is 247 Å². The van der Waals surface area contributed by atoms with Crippen LogP contribution < -0.4 is 0 Å². The monoisotopic (exact) mass is 1140 g/mol. The summed E-state index contributed by atoms with van der Waals surface area (Å²) in [4.78, 5) is 15.1. The number of hydrogen-bond donors (Lipinski definition) is 0. The lowest BCUT2D eigenvalue weighted by molar-refractivity contribution is -0.144. The molecule has 0 aliphatic rings. The maximum Gasteiger partial charge on any atom is 0.417 e. The molecule has 0 aliphatic heterocycles. The van der Waals surface area contributed by atoms with E-state index >= 15 is 0 Å². The molecular weight excluding hydrogens is 1100 g/mol. The van der Waals surface area contributed by atoms with Crippen LogP contribution in [0, 0.1) is 0 Å². The number of nitrogens with zero attached hydrogens (tertiary/aromatic N) is 5. The van der Waals surface area contributed by atoms with Gasteiger partial charge in [-0.15, -0.1) is 0 Å². The first-order chi connectivity index (χ1) is 40.2. The van der Waals surface area contributed by atoms with Crippen LogP contribution in [0.25, 0.3) is 123 Å². The first-order valence-corrected chi connectivity index (χ1v) is 25.9. The maximum atomic E-state index is 15.0. The zero-order valence-electron chi connectivity index (χ0n) is 43.1. The fourth-order valence-electron chi connectivity index (χ4n) is 11.1. The molecule has 84 heavy (non-hydrogen) atoms. The van der Waals surface area contributed by atoms with Crippen LogP contribution in [0.3, 0.4) is 0 Å². The van der Waals surface area contributed by atoms with Gasteiger partial charge in [-0.2, -0.15) is 52.7 Å². The number of alkyl halides is 12. The second kappa shape index (κ2) is 19.9. The number of hydrogen-bond acceptors (Lipinski definition) is 3. The van der Waals surface area contributed by atoms with E-state index < -0.39 is 58.1 Å². The molecule has 3 heterocycles. The molecule has 3 aromatic heterocycles. The first kappa shape index (κ1) is 53.3. The van der Waals surface area contributed by atoms with Gasteiger partial charge in [0, 0.05) is 43.9 Å². The van der Waals surface area contributed by atoms with Crippen molar-refractivity contribution in [3.8, 4) is 78.9 Å². The van der Waals surface area contributed by atoms with Crippen LogP contribution in [0.5, 0.6) is 0 Å². The summed E-state index contributed by atoms with van der Waals surface area (Å²) in [6.45, 7) is 0. The van der Waals surface area contributed by atoms with Crippen molar-refractivity contribution in [1.82, 2.24) is 24.1 Å². The Morgan fingerprint density at radius 1 is 0.262 bits per heavy atom. The number of halogens is 12. The van der Waals surface area contributed by atoms with E-state index in [1.807, 2.05) is 91.0 Å². The molecule has 13 rings (SSSR count). The molecule has 0 atom stereocenters. The summed E-state index contributed by atoms with van der Waals surface area (Å²) in [5.41, 5.74) is -1.79. The molecular formula is C67H37F12N5. The van der Waals surface area contributed by atoms with Gasteiger partial charge in [-0.25, -0.2) is 15.0 Å². The molecule has 0 bridgehead atoms. The van der Waals surface area contributed by atoms with E-state index in [2.05, 4.69) is 4.57 Å². The molecule has 0 aliphatic carbocycles. The first-order valence-electron chi connectivity index (χ1n) is 25.9. The Bertz CT molecular complexity index is 4520. The molecule has 10 aromatic carbocycles. The summed E-state index contributed by atoms with van der Waals surface area (Å²) in [6, 6.07) is 57.9. The van der Waals surface area contributed by atoms with Crippen LogP contribution in [-0.2, 0) is 24.7 Å². The Balaban J connectivity index is 1.13. The van der Waals surface area contributed by atoms with Gasteiger partial charge in [0.05, 0.1) is 50.0 Å². The van der Waals surface area contributed by atoms with Crippen molar-refractivity contribution in [1.29, 1.82) is 0 Å². The van der Waals surface area contributed by atoms with E-state index in [0.717, 1.165) is 39.6 Å². The van der Waals surface area contributed by atoms with Gasteiger partial charge < -0.3 is 9.13 Å². The van der Waals surface area contributed by atoms with E-state index in [-0.39, 0.29) is 63.0 Å². The van der Waals surface area contributed by atoms with Gasteiger partial charge in [0.1, 0.15) is 0 Å². The predicted molar refractivity (Wildman–Crippen MR) is 301 cm³/mol. The average molecular weight is 1140 g/mol. The van der Waals surface area contributed by atoms with Crippen LogP contribution >= 0.6 is 0 Å². The standard InChI is InChI=1S/C67H37F12N5/c68-64(69,70)44-24-29-47(54(36-44)66(74,75)76)42-21-27-51-52-28-22-43(48-30-25-45(65(71,72)73)37-55(48)67(77,78)79)35-60(52)84(59(51)34-42)57-31-23-40(41-20-26-50-49-18-10-11-19-56(49)83(58(50)33-41)46-16-8-3-9-17-46)32-53(57)63-81-61(38-12-4-1-5-13-38)80-62(82-63)39-14-6-2-7-15-39/h1-37H. The van der Waals surface area contributed by atoms with Crippen LogP contribution in [-0.4, -0.2) is 24.1 Å². The molecule has 0 saturated heterocycles. The average Bonchev–Trinajstić information content (AvgIpc) is 1.88. The van der Waals surface area contributed by atoms with Gasteiger partial charge in [-0.3, -0.25) is 0 Å². The zero-order valence-corrected chi connectivity index (χ0v) is 43.1. The Labute approximate surface area is 469 Å². The molecule has 414 valence electrons. The third-order valence-corrected chi connectivity index (χ3v) is 14.9. The van der Waals surface area contributed by atoms with E-state index in [4.69, 9.17) is 15.0 Å². The fraction of sp³-hybridized carbons (Fsp3) is 0.0597. The van der Waals surface area contributed by atoms with E-state index in [1.165, 1.54) is 36.4 Å². The fourth-order valence-corrected chi connectivity index (χ4v) is 11.1. The van der Waals surface area contributed by atoms with Gasteiger partial charge in [-0.1, -0.05) is 152 Å². The minimum Gasteiger partial charge on any atom is -0.309 e. The van der Waals surface area contributed by atoms with Gasteiger partial charge in [0.25, 0.3) is 0 Å². The summed E-state index contributed by atoms with van der Waals surface area (Å²) in [5.74, 6) is 0.547. The van der Waals surface area contributed by atoms with Crippen molar-refractivity contribution in [2.24, 2.45) is 0 Å². The predicted octanol–water partition coefficient (Wildman–Crippen LogP) is 20.1. The second-order valence-corrected chi connectivity index (χ2v) is 20.0. The Morgan fingerprint density at radius 3 is 1.14 bits per heavy atom. The summed E-state index contributed by atoms with van der Waals surface area (Å²) in [7, 11) is 0. The molecule has 0 radical (unpaired) electrons. The molecule has 0 saturated carbocycles. The summed E-state index contributed by atoms with van der Waals surface area (Å²) < 4.78 is 178. The molecule has 17 heteroatoms. The molecule has 0 fully saturated rings. The van der Waals surface area contributed by atoms with Crippen LogP contribution in [0.4, 0.5) is 52.7 Å². The molecule has 0 unspecified atom stereocenters. The highest BCUT2D eigenvalue weighted by Gasteiger charge is 2.40. The number of benzene rings is 10. The number of rotatable bonds is 8. The quantitative estimate of drug-likeness (QED) is 0.142. The summed E-state index contributed by atoms with van der Waals surface area (Å²) >= 11 is 0. The maximum absolute atomic E-state index is 15.0. The SMILES string of the molecule is FC(F)(F)c1ccc(-c2ccc3c4ccc(-c5ccc(C(F)(F)F)cc5C(F)(F)F)cc4n(-c4ccc(-c5ccc6c7ccccc7n(-c7ccccc7)c6c5)cc4-c4nc(-c5ccccc5)nc(-c5ccccc5)n4)c3c2)c(C(F)(F)F)c1. The van der Waals surface area contributed by atoms with E-state index in [1.54, 1.807) is 65.2 Å². The minimum atomic E-state index is -5.28. The highest BCUT2D eigenvalue weighted by atomic mass is 19.4. The Hall–Kier alpha value is -10.0. The summed E-state index contributed by atoms with van der Waals surface area (Å²) in [6.07, 6.45) is -20.8. The number of fused-ring (bicyclic) bond motifs is 6. The second-order valence-electron chi connectivity index (χ2n) is 20.0. The van der Waals surface area contributed by atoms with Gasteiger partial charge in [0.15, 0.2) is 17.5 Å². The van der Waals surface area contributed by atoms with Crippen LogP contribution in [0.2, 0.25) is 0 Å².